The van der Waals surface area contributed by atoms with Crippen molar-refractivity contribution in [3.05, 3.63) is 0 Å². The third-order valence-electron chi connectivity index (χ3n) is 9.19. The van der Waals surface area contributed by atoms with E-state index in [1.807, 2.05) is 0 Å². The Balaban J connectivity index is 1.66. The van der Waals surface area contributed by atoms with Crippen LogP contribution in [0.5, 0.6) is 0 Å². The molecule has 4 aliphatic carbocycles. The second kappa shape index (κ2) is 5.77. The fourth-order valence-corrected chi connectivity index (χ4v) is 7.99. The van der Waals surface area contributed by atoms with Crippen LogP contribution >= 0.6 is 0 Å². The van der Waals surface area contributed by atoms with Gasteiger partial charge in [-0.15, -0.1) is 0 Å². The lowest BCUT2D eigenvalue weighted by molar-refractivity contribution is -0.194. The van der Waals surface area contributed by atoms with Crippen LogP contribution in [0, 0.1) is 40.4 Å². The summed E-state index contributed by atoms with van der Waals surface area (Å²) in [5, 5.41) is 31.4. The van der Waals surface area contributed by atoms with E-state index in [1.165, 1.54) is 0 Å². The minimum absolute atomic E-state index is 0.0847. The summed E-state index contributed by atoms with van der Waals surface area (Å²) in [5.74, 6) is 2.05. The van der Waals surface area contributed by atoms with Gasteiger partial charge in [-0.3, -0.25) is 4.79 Å². The van der Waals surface area contributed by atoms with Gasteiger partial charge in [0, 0.05) is 5.92 Å². The second-order valence-corrected chi connectivity index (χ2v) is 10.2. The zero-order chi connectivity index (χ0) is 18.1. The number of carbonyl (C=O) groups is 1. The molecule has 4 fully saturated rings. The minimum atomic E-state index is -0.702. The Morgan fingerprint density at radius 1 is 0.840 bits per heavy atom. The van der Waals surface area contributed by atoms with Gasteiger partial charge in [-0.25, -0.2) is 0 Å². The van der Waals surface area contributed by atoms with Crippen LogP contribution in [0.15, 0.2) is 0 Å². The molecule has 0 spiro atoms. The molecule has 4 aliphatic rings. The van der Waals surface area contributed by atoms with E-state index < -0.39 is 18.3 Å². The quantitative estimate of drug-likeness (QED) is 0.679. The molecule has 0 aromatic heterocycles. The molecule has 25 heavy (non-hydrogen) atoms. The molecular weight excluding hydrogens is 316 g/mol. The van der Waals surface area contributed by atoms with Gasteiger partial charge in [-0.05, 0) is 86.4 Å². The maximum Gasteiger partial charge on any atom is 0.133 e. The van der Waals surface area contributed by atoms with Crippen molar-refractivity contribution >= 4 is 5.78 Å². The van der Waals surface area contributed by atoms with Crippen LogP contribution in [0.2, 0.25) is 0 Å². The van der Waals surface area contributed by atoms with Gasteiger partial charge in [0.25, 0.3) is 0 Å². The average Bonchev–Trinajstić information content (AvgIpc) is 2.88. The topological polar surface area (TPSA) is 77.8 Å². The highest BCUT2D eigenvalue weighted by Crippen LogP contribution is 2.67. The lowest BCUT2D eigenvalue weighted by atomic mass is 9.43. The summed E-state index contributed by atoms with van der Waals surface area (Å²) in [6, 6.07) is 0. The van der Waals surface area contributed by atoms with Crippen LogP contribution in [0.25, 0.3) is 0 Å². The summed E-state index contributed by atoms with van der Waals surface area (Å²) in [5.41, 5.74) is -0.0145. The van der Waals surface area contributed by atoms with Gasteiger partial charge in [0.05, 0.1) is 18.3 Å². The Morgan fingerprint density at radius 2 is 1.52 bits per heavy atom. The van der Waals surface area contributed by atoms with E-state index in [0.717, 1.165) is 32.1 Å². The first-order valence-electron chi connectivity index (χ1n) is 10.2. The largest absolute Gasteiger partial charge is 0.393 e. The Morgan fingerprint density at radius 3 is 2.20 bits per heavy atom. The van der Waals surface area contributed by atoms with Gasteiger partial charge in [-0.1, -0.05) is 13.8 Å². The summed E-state index contributed by atoms with van der Waals surface area (Å²) < 4.78 is 0. The molecular formula is C21H34O4. The standard InChI is InChI=1S/C21H34O4/c1-11(22)13-4-5-14-12-8-17(23)16-9-18(24)19(25)10-21(16,3)15(12)6-7-20(13,14)2/h12-19,23-25H,4-10H2,1-3H3/t12-,13+,14-,15-,16+,17+,18+,19+,20+,21+/m0/s1. The van der Waals surface area contributed by atoms with Gasteiger partial charge < -0.3 is 15.3 Å². The molecule has 0 aromatic rings. The number of ketones is 1. The minimum Gasteiger partial charge on any atom is -0.393 e. The van der Waals surface area contributed by atoms with Crippen molar-refractivity contribution in [3.63, 3.8) is 0 Å². The first-order valence-corrected chi connectivity index (χ1v) is 10.2. The second-order valence-electron chi connectivity index (χ2n) is 10.2. The zero-order valence-electron chi connectivity index (χ0n) is 15.8. The number of aliphatic hydroxyl groups excluding tert-OH is 3. The van der Waals surface area contributed by atoms with Gasteiger partial charge in [0.15, 0.2) is 0 Å². The Bertz CT molecular complexity index is 562. The number of rotatable bonds is 1. The smallest absolute Gasteiger partial charge is 0.133 e. The molecule has 3 N–H and O–H groups in total. The molecule has 4 rings (SSSR count). The van der Waals surface area contributed by atoms with E-state index in [0.29, 0.717) is 36.4 Å². The van der Waals surface area contributed by atoms with E-state index in [4.69, 9.17) is 0 Å². The Hall–Kier alpha value is -0.450. The SMILES string of the molecule is CC(=O)[C@H]1CC[C@H]2[C@@H]3C[C@@H](O)[C@H]4C[C@@H](O)[C@H](O)C[C@]4(C)[C@H]3CC[C@]12C. The molecule has 4 nitrogen and oxygen atoms in total. The number of carbonyl (C=O) groups excluding carboxylic acids is 1. The van der Waals surface area contributed by atoms with E-state index in [2.05, 4.69) is 13.8 Å². The Kier molecular flexibility index (Phi) is 4.14. The van der Waals surface area contributed by atoms with E-state index >= 15 is 0 Å². The predicted molar refractivity (Wildman–Crippen MR) is 94.7 cm³/mol. The first-order chi connectivity index (χ1) is 11.7. The van der Waals surface area contributed by atoms with Crippen LogP contribution < -0.4 is 0 Å². The van der Waals surface area contributed by atoms with Gasteiger partial charge >= 0.3 is 0 Å². The fraction of sp³-hybridized carbons (Fsp3) is 0.952. The molecule has 0 amide bonds. The summed E-state index contributed by atoms with van der Waals surface area (Å²) in [6.07, 6.45) is 4.41. The highest BCUT2D eigenvalue weighted by atomic mass is 16.3. The van der Waals surface area contributed by atoms with Crippen molar-refractivity contribution in [1.82, 2.24) is 0 Å². The van der Waals surface area contributed by atoms with Crippen LogP contribution in [0.3, 0.4) is 0 Å². The summed E-state index contributed by atoms with van der Waals surface area (Å²) in [7, 11) is 0. The third-order valence-corrected chi connectivity index (χ3v) is 9.19. The molecule has 10 atom stereocenters. The zero-order valence-corrected chi connectivity index (χ0v) is 15.8. The average molecular weight is 350 g/mol. The van der Waals surface area contributed by atoms with Crippen molar-refractivity contribution in [1.29, 1.82) is 0 Å². The van der Waals surface area contributed by atoms with Crippen molar-refractivity contribution < 1.29 is 20.1 Å². The van der Waals surface area contributed by atoms with Crippen molar-refractivity contribution in [2.75, 3.05) is 0 Å². The molecule has 0 aliphatic heterocycles. The van der Waals surface area contributed by atoms with E-state index in [9.17, 15) is 20.1 Å². The van der Waals surface area contributed by atoms with Crippen molar-refractivity contribution in [2.45, 2.75) is 84.0 Å². The first kappa shape index (κ1) is 17.9. The molecule has 0 unspecified atom stereocenters. The fourth-order valence-electron chi connectivity index (χ4n) is 7.99. The molecule has 142 valence electrons. The highest BCUT2D eigenvalue weighted by Gasteiger charge is 2.63. The molecule has 4 heteroatoms. The Labute approximate surface area is 151 Å². The molecule has 0 radical (unpaired) electrons. The normalized spacial score (nSPS) is 58.2. The highest BCUT2D eigenvalue weighted by molar-refractivity contribution is 5.79. The van der Waals surface area contributed by atoms with Crippen LogP contribution in [-0.4, -0.2) is 39.4 Å². The van der Waals surface area contributed by atoms with Gasteiger partial charge in [0.1, 0.15) is 5.78 Å². The third kappa shape index (κ3) is 2.40. The molecule has 0 heterocycles. The summed E-state index contributed by atoms with van der Waals surface area (Å²) in [4.78, 5) is 12.2. The van der Waals surface area contributed by atoms with Crippen molar-refractivity contribution in [3.8, 4) is 0 Å². The maximum atomic E-state index is 12.2. The van der Waals surface area contributed by atoms with Gasteiger partial charge in [-0.2, -0.15) is 0 Å². The van der Waals surface area contributed by atoms with E-state index in [1.54, 1.807) is 6.92 Å². The number of aliphatic hydroxyl groups is 3. The van der Waals surface area contributed by atoms with Crippen LogP contribution in [0.4, 0.5) is 0 Å². The number of fused-ring (bicyclic) bond motifs is 5. The molecule has 0 bridgehead atoms. The summed E-state index contributed by atoms with van der Waals surface area (Å²) in [6.45, 7) is 6.30. The lowest BCUT2D eigenvalue weighted by Crippen LogP contribution is -2.60. The predicted octanol–water partition coefficient (Wildman–Crippen LogP) is 2.54. The monoisotopic (exact) mass is 350 g/mol. The van der Waals surface area contributed by atoms with Crippen LogP contribution in [0.1, 0.15) is 65.7 Å². The number of hydrogen-bond acceptors (Lipinski definition) is 4. The molecule has 4 saturated carbocycles. The van der Waals surface area contributed by atoms with Crippen molar-refractivity contribution in [2.24, 2.45) is 40.4 Å². The maximum absolute atomic E-state index is 12.2. The lowest BCUT2D eigenvalue weighted by Gasteiger charge is -2.62. The van der Waals surface area contributed by atoms with E-state index in [-0.39, 0.29) is 22.7 Å². The number of Topliss-reactive ketones (excluding diaryl/α,β-unsaturated/α-hetero) is 1. The number of hydrogen-bond donors (Lipinski definition) is 3. The molecule has 0 aromatic carbocycles. The van der Waals surface area contributed by atoms with Crippen LogP contribution in [-0.2, 0) is 4.79 Å². The summed E-state index contributed by atoms with van der Waals surface area (Å²) >= 11 is 0. The molecule has 0 saturated heterocycles. The van der Waals surface area contributed by atoms with Gasteiger partial charge in [0.2, 0.25) is 0 Å².